The quantitative estimate of drug-likeness (QED) is 0.508. The van der Waals surface area contributed by atoms with Gasteiger partial charge in [-0.05, 0) is 35.5 Å². The summed E-state index contributed by atoms with van der Waals surface area (Å²) in [4.78, 5) is 0. The minimum atomic E-state index is 0.117. The first kappa shape index (κ1) is 17.5. The Morgan fingerprint density at radius 3 is 1.24 bits per heavy atom. The fraction of sp³-hybridized carbons (Fsp3) is 1.00. The molecule has 0 saturated carbocycles. The first-order valence-corrected chi connectivity index (χ1v) is 9.54. The molecule has 0 aliphatic rings. The summed E-state index contributed by atoms with van der Waals surface area (Å²) in [5.41, 5.74) is 1.18. The van der Waals surface area contributed by atoms with Gasteiger partial charge in [-0.15, -0.1) is 0 Å². The molecule has 0 spiro atoms. The number of hydrogen-bond donors (Lipinski definition) is 0. The summed E-state index contributed by atoms with van der Waals surface area (Å²) in [5.74, 6) is 1.70. The second-order valence-corrected chi connectivity index (χ2v) is 10.1. The summed E-state index contributed by atoms with van der Waals surface area (Å²) >= 11 is 0.117. The van der Waals surface area contributed by atoms with Crippen molar-refractivity contribution in [2.45, 2.75) is 78.8 Å². The van der Waals surface area contributed by atoms with Crippen molar-refractivity contribution in [1.82, 2.24) is 0 Å². The minimum absolute atomic E-state index is 0.117. The first-order valence-electron chi connectivity index (χ1n) is 7.54. The lowest BCUT2D eigenvalue weighted by Crippen LogP contribution is -2.21. The molecule has 0 aromatic rings. The Balaban J connectivity index is 3.97. The van der Waals surface area contributed by atoms with Crippen LogP contribution in [0.3, 0.4) is 0 Å². The third-order valence-electron chi connectivity index (χ3n) is 3.63. The highest BCUT2D eigenvalue weighted by Gasteiger charge is 2.24. The molecule has 17 heavy (non-hydrogen) atoms. The third-order valence-corrected chi connectivity index (χ3v) is 7.04. The summed E-state index contributed by atoms with van der Waals surface area (Å²) in [7, 11) is 0. The molecule has 1 heteroatoms. The van der Waals surface area contributed by atoms with Gasteiger partial charge in [-0.3, -0.25) is 0 Å². The highest BCUT2D eigenvalue weighted by atomic mass is 27.1. The van der Waals surface area contributed by atoms with Crippen LogP contribution in [0.1, 0.15) is 68.2 Å². The molecule has 0 heterocycles. The van der Waals surface area contributed by atoms with Gasteiger partial charge >= 0.3 is 0 Å². The molecule has 0 aliphatic heterocycles. The first-order chi connectivity index (χ1) is 7.54. The van der Waals surface area contributed by atoms with Gasteiger partial charge in [-0.2, -0.15) is 0 Å². The molecule has 0 amide bonds. The van der Waals surface area contributed by atoms with Gasteiger partial charge in [-0.25, -0.2) is 0 Å². The topological polar surface area (TPSA) is 0 Å². The lowest BCUT2D eigenvalue weighted by atomic mass is 9.85. The lowest BCUT2D eigenvalue weighted by Gasteiger charge is -2.30. The Morgan fingerprint density at radius 2 is 1.00 bits per heavy atom. The molecule has 0 atom stereocenters. The zero-order valence-electron chi connectivity index (χ0n) is 13.7. The summed E-state index contributed by atoms with van der Waals surface area (Å²) in [6.07, 6.45) is 2.79. The van der Waals surface area contributed by atoms with Crippen molar-refractivity contribution in [3.8, 4) is 0 Å². The van der Waals surface area contributed by atoms with E-state index in [0.29, 0.717) is 10.8 Å². The van der Waals surface area contributed by atoms with Crippen LogP contribution in [0, 0.1) is 22.7 Å². The fourth-order valence-electron chi connectivity index (χ4n) is 3.46. The molecule has 102 valence electrons. The monoisotopic (exact) mass is 254 g/mol. The molecule has 0 bridgehead atoms. The van der Waals surface area contributed by atoms with Crippen LogP contribution in [0.15, 0.2) is 0 Å². The van der Waals surface area contributed by atoms with E-state index in [1.54, 1.807) is 0 Å². The summed E-state index contributed by atoms with van der Waals surface area (Å²) in [6.45, 7) is 19.3. The molecule has 0 radical (unpaired) electrons. The highest BCUT2D eigenvalue weighted by Crippen LogP contribution is 2.34. The van der Waals surface area contributed by atoms with Crippen molar-refractivity contribution in [1.29, 1.82) is 0 Å². The highest BCUT2D eigenvalue weighted by molar-refractivity contribution is 6.35. The normalized spacial score (nSPS) is 13.5. The molecule has 0 saturated heterocycles. The number of rotatable bonds is 8. The molecule has 0 aromatic heterocycles. The van der Waals surface area contributed by atoms with Gasteiger partial charge in [0, 0.05) is 0 Å². The van der Waals surface area contributed by atoms with E-state index in [9.17, 15) is 0 Å². The van der Waals surface area contributed by atoms with Gasteiger partial charge in [0.15, 0.2) is 0 Å². The van der Waals surface area contributed by atoms with Crippen LogP contribution >= 0.6 is 0 Å². The Morgan fingerprint density at radius 1 is 0.706 bits per heavy atom. The van der Waals surface area contributed by atoms with Crippen molar-refractivity contribution in [2.75, 3.05) is 0 Å². The molecular weight excluding hydrogens is 219 g/mol. The molecule has 0 aliphatic carbocycles. The molecule has 0 fully saturated rings. The SMILES string of the molecule is CC(C)CC(C)(C)[CH2][AlH][CH2]C(C)(C)CC(C)C. The second-order valence-electron chi connectivity index (χ2n) is 8.38. The molecular formula is C16H35Al. The van der Waals surface area contributed by atoms with Crippen molar-refractivity contribution < 1.29 is 0 Å². The maximum atomic E-state index is 2.47. The van der Waals surface area contributed by atoms with Gasteiger partial charge in [0.05, 0.1) is 0 Å². The molecule has 0 aromatic carbocycles. The average molecular weight is 254 g/mol. The Labute approximate surface area is 117 Å². The summed E-state index contributed by atoms with van der Waals surface area (Å²) < 4.78 is 0. The summed E-state index contributed by atoms with van der Waals surface area (Å²) in [5, 5.41) is 3.04. The largest absolute Gasteiger partial charge is 0.238 e. The number of hydrogen-bond acceptors (Lipinski definition) is 0. The van der Waals surface area contributed by atoms with Crippen molar-refractivity contribution in [2.24, 2.45) is 22.7 Å². The van der Waals surface area contributed by atoms with Crippen LogP contribution in [0.25, 0.3) is 0 Å². The second kappa shape index (κ2) is 7.20. The fourth-order valence-corrected chi connectivity index (χ4v) is 5.96. The average Bonchev–Trinajstić information content (AvgIpc) is 1.96. The van der Waals surface area contributed by atoms with E-state index in [2.05, 4.69) is 55.4 Å². The van der Waals surface area contributed by atoms with Gasteiger partial charge in [-0.1, -0.05) is 66.0 Å². The van der Waals surface area contributed by atoms with Crippen molar-refractivity contribution in [3.63, 3.8) is 0 Å². The predicted molar refractivity (Wildman–Crippen MR) is 83.2 cm³/mol. The maximum absolute atomic E-state index is 2.47. The van der Waals surface area contributed by atoms with E-state index in [4.69, 9.17) is 0 Å². The van der Waals surface area contributed by atoms with Gasteiger partial charge in [0.2, 0.25) is 15.2 Å². The standard InChI is InChI=1S/2C8H17.Al.H/c2*1-7(2)6-8(3,4)5;;/h2*7H,3,6H2,1-2,4-5H3;;. The van der Waals surface area contributed by atoms with E-state index in [1.165, 1.54) is 23.4 Å². The minimum Gasteiger partial charge on any atom is -0.0923 e. The van der Waals surface area contributed by atoms with Crippen LogP contribution in [-0.2, 0) is 0 Å². The molecule has 0 N–H and O–H groups in total. The van der Waals surface area contributed by atoms with E-state index < -0.39 is 0 Å². The van der Waals surface area contributed by atoms with Crippen LogP contribution in [0.5, 0.6) is 0 Å². The maximum Gasteiger partial charge on any atom is 0.238 e. The van der Waals surface area contributed by atoms with Crippen LogP contribution < -0.4 is 0 Å². The van der Waals surface area contributed by atoms with Gasteiger partial charge < -0.3 is 0 Å². The zero-order chi connectivity index (χ0) is 13.7. The Hall–Kier alpha value is 0.532. The Kier molecular flexibility index (Phi) is 7.43. The van der Waals surface area contributed by atoms with E-state index in [-0.39, 0.29) is 15.2 Å². The van der Waals surface area contributed by atoms with Gasteiger partial charge in [0.25, 0.3) is 0 Å². The smallest absolute Gasteiger partial charge is 0.0923 e. The summed E-state index contributed by atoms with van der Waals surface area (Å²) in [6, 6.07) is 0. The van der Waals surface area contributed by atoms with Crippen molar-refractivity contribution in [3.05, 3.63) is 0 Å². The molecule has 0 nitrogen and oxygen atoms in total. The lowest BCUT2D eigenvalue weighted by molar-refractivity contribution is 0.306. The van der Waals surface area contributed by atoms with Crippen molar-refractivity contribution >= 4 is 15.2 Å². The van der Waals surface area contributed by atoms with Crippen LogP contribution in [0.2, 0.25) is 10.6 Å². The molecule has 0 rings (SSSR count). The van der Waals surface area contributed by atoms with E-state index in [0.717, 1.165) is 11.8 Å². The third kappa shape index (κ3) is 10.2. The van der Waals surface area contributed by atoms with Crippen LogP contribution in [0.4, 0.5) is 0 Å². The zero-order valence-corrected chi connectivity index (χ0v) is 15.1. The predicted octanol–water partition coefficient (Wildman–Crippen LogP) is 5.40. The van der Waals surface area contributed by atoms with E-state index >= 15 is 0 Å². The Bertz CT molecular complexity index is 180. The van der Waals surface area contributed by atoms with E-state index in [1.807, 2.05) is 0 Å². The van der Waals surface area contributed by atoms with Gasteiger partial charge in [0.1, 0.15) is 0 Å². The van der Waals surface area contributed by atoms with Crippen LogP contribution in [-0.4, -0.2) is 15.2 Å². The molecule has 0 unspecified atom stereocenters.